The minimum absolute atomic E-state index is 0.0325. The zero-order valence-corrected chi connectivity index (χ0v) is 19.2. The summed E-state index contributed by atoms with van der Waals surface area (Å²) in [6.45, 7) is 5.16. The number of pyridine rings is 3. The molecule has 1 aliphatic carbocycles. The number of nitrogens with zero attached hydrogens (tertiary/aromatic N) is 6. The average molecular weight is 459 g/mol. The Balaban J connectivity index is 1.38. The van der Waals surface area contributed by atoms with Crippen molar-refractivity contribution in [1.82, 2.24) is 29.5 Å². The highest BCUT2D eigenvalue weighted by atomic mass is 16.2. The highest BCUT2D eigenvalue weighted by Crippen LogP contribution is 2.31. The van der Waals surface area contributed by atoms with Crippen molar-refractivity contribution in [1.29, 1.82) is 0 Å². The largest absolute Gasteiger partial charge is 0.367 e. The predicted molar refractivity (Wildman–Crippen MR) is 130 cm³/mol. The van der Waals surface area contributed by atoms with E-state index in [1.807, 2.05) is 12.3 Å². The molecule has 2 fully saturated rings. The molecule has 1 saturated heterocycles. The summed E-state index contributed by atoms with van der Waals surface area (Å²) in [6, 6.07) is 6.24. The van der Waals surface area contributed by atoms with E-state index < -0.39 is 0 Å². The summed E-state index contributed by atoms with van der Waals surface area (Å²) >= 11 is 0. The van der Waals surface area contributed by atoms with Crippen LogP contribution in [-0.2, 0) is 4.79 Å². The molecule has 1 aliphatic heterocycles. The summed E-state index contributed by atoms with van der Waals surface area (Å²) < 4.78 is 1.78. The van der Waals surface area contributed by atoms with E-state index in [9.17, 15) is 9.59 Å². The van der Waals surface area contributed by atoms with Crippen molar-refractivity contribution in [3.8, 4) is 11.4 Å². The van der Waals surface area contributed by atoms with Crippen LogP contribution >= 0.6 is 0 Å². The van der Waals surface area contributed by atoms with Crippen LogP contribution in [0.4, 0.5) is 11.5 Å². The number of rotatable bonds is 4. The second-order valence-electron chi connectivity index (χ2n) is 9.31. The average Bonchev–Trinajstić information content (AvgIpc) is 3.60. The fourth-order valence-corrected chi connectivity index (χ4v) is 4.44. The molecule has 1 saturated carbocycles. The molecule has 0 radical (unpaired) electrons. The van der Waals surface area contributed by atoms with Gasteiger partial charge in [0.1, 0.15) is 5.82 Å². The van der Waals surface area contributed by atoms with Crippen molar-refractivity contribution < 1.29 is 4.79 Å². The first kappa shape index (κ1) is 20.8. The Morgan fingerprint density at radius 1 is 1.21 bits per heavy atom. The summed E-state index contributed by atoms with van der Waals surface area (Å²) in [5.74, 6) is 0.950. The van der Waals surface area contributed by atoms with Crippen LogP contribution in [0.1, 0.15) is 19.8 Å². The molecule has 174 valence electrons. The van der Waals surface area contributed by atoms with Crippen molar-refractivity contribution in [2.24, 2.45) is 5.92 Å². The summed E-state index contributed by atoms with van der Waals surface area (Å²) in [5, 5.41) is 8.64. The first-order valence-corrected chi connectivity index (χ1v) is 11.6. The predicted octanol–water partition coefficient (Wildman–Crippen LogP) is 2.12. The van der Waals surface area contributed by atoms with Crippen molar-refractivity contribution in [2.75, 3.05) is 36.9 Å². The molecule has 10 heteroatoms. The lowest BCUT2D eigenvalue weighted by molar-refractivity contribution is -0.117. The van der Waals surface area contributed by atoms with E-state index in [4.69, 9.17) is 10.1 Å². The molecular formula is C24H26N8O2. The number of carbonyl (C=O) groups is 1. The molecule has 0 spiro atoms. The quantitative estimate of drug-likeness (QED) is 0.482. The third kappa shape index (κ3) is 3.69. The molecule has 0 bridgehead atoms. The van der Waals surface area contributed by atoms with Gasteiger partial charge >= 0.3 is 0 Å². The molecule has 1 amide bonds. The number of hydrogen-bond donors (Lipinski definition) is 2. The van der Waals surface area contributed by atoms with Crippen LogP contribution in [0.2, 0.25) is 0 Å². The van der Waals surface area contributed by atoms with Gasteiger partial charge in [-0.2, -0.15) is 0 Å². The van der Waals surface area contributed by atoms with E-state index >= 15 is 0 Å². The molecule has 2 aliphatic rings. The Bertz CT molecular complexity index is 1470. The van der Waals surface area contributed by atoms with Gasteiger partial charge in [0.05, 0.1) is 17.3 Å². The first-order chi connectivity index (χ1) is 16.5. The van der Waals surface area contributed by atoms with Gasteiger partial charge in [-0.05, 0) is 45.0 Å². The number of nitrogens with one attached hydrogen (secondary N) is 2. The molecule has 34 heavy (non-hydrogen) atoms. The number of anilines is 2. The molecule has 2 N–H and O–H groups in total. The minimum atomic E-state index is -0.249. The van der Waals surface area contributed by atoms with E-state index in [1.54, 1.807) is 16.8 Å². The van der Waals surface area contributed by atoms with Crippen LogP contribution in [-0.4, -0.2) is 68.1 Å². The van der Waals surface area contributed by atoms with E-state index in [-0.39, 0.29) is 17.4 Å². The zero-order valence-electron chi connectivity index (χ0n) is 19.2. The third-order valence-corrected chi connectivity index (χ3v) is 6.87. The van der Waals surface area contributed by atoms with Gasteiger partial charge in [-0.15, -0.1) is 5.10 Å². The second kappa shape index (κ2) is 7.91. The van der Waals surface area contributed by atoms with E-state index in [2.05, 4.69) is 45.1 Å². The monoisotopic (exact) mass is 458 g/mol. The molecule has 4 aromatic rings. The summed E-state index contributed by atoms with van der Waals surface area (Å²) in [5.41, 5.74) is 2.25. The van der Waals surface area contributed by atoms with Gasteiger partial charge in [0.2, 0.25) is 5.91 Å². The van der Waals surface area contributed by atoms with Crippen LogP contribution in [0.3, 0.4) is 0 Å². The standard InChI is InChI=1S/C24H26N8O2/c1-14-12-31(8-7-30(14)2)16-5-6-21-28-22(29-32(21)13-16)18-10-26-24(34)19-11-25-20(9-17(18)19)27-23(33)15-3-4-15/h5-6,9-11,13-15H,3-4,7-8,12H2,1-2H3,(H,26,34)(H,25,27,33)/t14-/m0/s1. The molecule has 1 atom stereocenters. The Morgan fingerprint density at radius 3 is 2.85 bits per heavy atom. The van der Waals surface area contributed by atoms with Gasteiger partial charge in [-0.1, -0.05) is 0 Å². The molecule has 0 aromatic carbocycles. The number of fused-ring (bicyclic) bond motifs is 2. The topological polar surface area (TPSA) is 112 Å². The van der Waals surface area contributed by atoms with Crippen LogP contribution in [0, 0.1) is 5.92 Å². The van der Waals surface area contributed by atoms with Crippen molar-refractivity contribution in [3.63, 3.8) is 0 Å². The highest BCUT2D eigenvalue weighted by Gasteiger charge is 2.30. The number of piperazine rings is 1. The third-order valence-electron chi connectivity index (χ3n) is 6.87. The maximum atomic E-state index is 12.4. The minimum Gasteiger partial charge on any atom is -0.367 e. The maximum Gasteiger partial charge on any atom is 0.257 e. The molecule has 6 rings (SSSR count). The van der Waals surface area contributed by atoms with Crippen LogP contribution in [0.5, 0.6) is 0 Å². The fraction of sp³-hybridized carbons (Fsp3) is 0.375. The van der Waals surface area contributed by atoms with Crippen LogP contribution in [0.25, 0.3) is 27.8 Å². The number of aromatic amines is 1. The summed E-state index contributed by atoms with van der Waals surface area (Å²) in [6.07, 6.45) is 6.92. The molecule has 0 unspecified atom stereocenters. The molecular weight excluding hydrogens is 432 g/mol. The second-order valence-corrected chi connectivity index (χ2v) is 9.31. The Morgan fingerprint density at radius 2 is 2.06 bits per heavy atom. The summed E-state index contributed by atoms with van der Waals surface area (Å²) in [7, 11) is 2.15. The highest BCUT2D eigenvalue weighted by molar-refractivity contribution is 5.98. The van der Waals surface area contributed by atoms with E-state index in [1.165, 1.54) is 6.20 Å². The van der Waals surface area contributed by atoms with Crippen molar-refractivity contribution in [3.05, 3.63) is 47.1 Å². The first-order valence-electron chi connectivity index (χ1n) is 11.6. The van der Waals surface area contributed by atoms with Gasteiger partial charge < -0.3 is 20.1 Å². The normalized spacial score (nSPS) is 19.1. The smallest absolute Gasteiger partial charge is 0.257 e. The van der Waals surface area contributed by atoms with E-state index in [0.717, 1.165) is 43.8 Å². The number of amides is 1. The SMILES string of the molecule is C[C@H]1CN(c2ccc3nc(-c4c[nH]c(=O)c5cnc(NC(=O)C6CC6)cc45)nn3c2)CCN1C. The van der Waals surface area contributed by atoms with Crippen molar-refractivity contribution in [2.45, 2.75) is 25.8 Å². The van der Waals surface area contributed by atoms with Gasteiger partial charge in [0.15, 0.2) is 11.5 Å². The number of carbonyl (C=O) groups excluding carboxylic acids is 1. The molecule has 4 aromatic heterocycles. The number of likely N-dealkylation sites (N-methyl/N-ethyl adjacent to an activating group) is 1. The Hall–Kier alpha value is -3.79. The van der Waals surface area contributed by atoms with Crippen LogP contribution in [0.15, 0.2) is 41.6 Å². The van der Waals surface area contributed by atoms with E-state index in [0.29, 0.717) is 34.0 Å². The fourth-order valence-electron chi connectivity index (χ4n) is 4.44. The van der Waals surface area contributed by atoms with Crippen LogP contribution < -0.4 is 15.8 Å². The maximum absolute atomic E-state index is 12.4. The number of hydrogen-bond acceptors (Lipinski definition) is 7. The van der Waals surface area contributed by atoms with Crippen molar-refractivity contribution >= 4 is 33.8 Å². The van der Waals surface area contributed by atoms with Gasteiger partial charge in [-0.25, -0.2) is 14.5 Å². The lowest BCUT2D eigenvalue weighted by Crippen LogP contribution is -2.50. The van der Waals surface area contributed by atoms with Gasteiger partial charge in [-0.3, -0.25) is 9.59 Å². The Labute approximate surface area is 195 Å². The number of aromatic nitrogens is 5. The van der Waals surface area contributed by atoms with Gasteiger partial charge in [0.25, 0.3) is 5.56 Å². The zero-order chi connectivity index (χ0) is 23.4. The molecule has 10 nitrogen and oxygen atoms in total. The lowest BCUT2D eigenvalue weighted by Gasteiger charge is -2.38. The summed E-state index contributed by atoms with van der Waals surface area (Å²) in [4.78, 5) is 41.1. The van der Waals surface area contributed by atoms with Gasteiger partial charge in [0, 0.05) is 54.9 Å². The Kier molecular flexibility index (Phi) is 4.84. The molecule has 5 heterocycles. The lowest BCUT2D eigenvalue weighted by atomic mass is 10.1. The number of H-pyrrole nitrogens is 1.